The zero-order valence-corrected chi connectivity index (χ0v) is 10.8. The fraction of sp³-hybridized carbons (Fsp3) is 0.917. The SMILES string of the molecule is CC1CCC(N)C(C(=O)N(C)CCC(F)(F)F)C1. The molecule has 106 valence electrons. The van der Waals surface area contributed by atoms with Crippen LogP contribution in [-0.4, -0.2) is 36.6 Å². The van der Waals surface area contributed by atoms with Gasteiger partial charge in [0.1, 0.15) is 0 Å². The van der Waals surface area contributed by atoms with E-state index >= 15 is 0 Å². The van der Waals surface area contributed by atoms with Crippen LogP contribution in [0.4, 0.5) is 13.2 Å². The van der Waals surface area contributed by atoms with Gasteiger partial charge in [0.2, 0.25) is 5.91 Å². The molecule has 0 aromatic carbocycles. The number of carbonyl (C=O) groups excluding carboxylic acids is 1. The van der Waals surface area contributed by atoms with Gasteiger partial charge in [0, 0.05) is 19.6 Å². The first-order valence-corrected chi connectivity index (χ1v) is 6.28. The fourth-order valence-electron chi connectivity index (χ4n) is 2.38. The topological polar surface area (TPSA) is 46.3 Å². The molecule has 1 rings (SSSR count). The van der Waals surface area contributed by atoms with E-state index in [-0.39, 0.29) is 24.4 Å². The Morgan fingerprint density at radius 1 is 1.39 bits per heavy atom. The maximum Gasteiger partial charge on any atom is 0.390 e. The minimum atomic E-state index is -4.23. The quantitative estimate of drug-likeness (QED) is 0.851. The summed E-state index contributed by atoms with van der Waals surface area (Å²) in [5.41, 5.74) is 5.89. The number of halogens is 3. The summed E-state index contributed by atoms with van der Waals surface area (Å²) in [5.74, 6) is -0.167. The van der Waals surface area contributed by atoms with Crippen molar-refractivity contribution in [2.75, 3.05) is 13.6 Å². The second-order valence-electron chi connectivity index (χ2n) is 5.31. The minimum Gasteiger partial charge on any atom is -0.345 e. The number of hydrogen-bond acceptors (Lipinski definition) is 2. The summed E-state index contributed by atoms with van der Waals surface area (Å²) in [6.07, 6.45) is -2.76. The van der Waals surface area contributed by atoms with Crippen molar-refractivity contribution in [3.63, 3.8) is 0 Å². The fourth-order valence-corrected chi connectivity index (χ4v) is 2.38. The standard InChI is InChI=1S/C12H21F3N2O/c1-8-3-4-10(16)9(7-8)11(18)17(2)6-5-12(13,14)15/h8-10H,3-7,16H2,1-2H3. The third-order valence-corrected chi connectivity index (χ3v) is 3.59. The Morgan fingerprint density at radius 3 is 2.56 bits per heavy atom. The molecule has 3 unspecified atom stereocenters. The van der Waals surface area contributed by atoms with Crippen molar-refractivity contribution in [2.24, 2.45) is 17.6 Å². The molecule has 1 fully saturated rings. The predicted molar refractivity (Wildman–Crippen MR) is 62.8 cm³/mol. The first kappa shape index (κ1) is 15.3. The second-order valence-corrected chi connectivity index (χ2v) is 5.31. The van der Waals surface area contributed by atoms with Gasteiger partial charge in [-0.2, -0.15) is 13.2 Å². The van der Waals surface area contributed by atoms with E-state index < -0.39 is 12.6 Å². The van der Waals surface area contributed by atoms with Gasteiger partial charge in [-0.1, -0.05) is 6.92 Å². The Hall–Kier alpha value is -0.780. The average Bonchev–Trinajstić information content (AvgIpc) is 2.27. The van der Waals surface area contributed by atoms with Crippen molar-refractivity contribution in [1.82, 2.24) is 4.90 Å². The van der Waals surface area contributed by atoms with Crippen LogP contribution < -0.4 is 5.73 Å². The number of nitrogens with two attached hydrogens (primary N) is 1. The van der Waals surface area contributed by atoms with Gasteiger partial charge in [-0.25, -0.2) is 0 Å². The van der Waals surface area contributed by atoms with Crippen LogP contribution in [0.2, 0.25) is 0 Å². The van der Waals surface area contributed by atoms with E-state index in [1.165, 1.54) is 7.05 Å². The number of hydrogen-bond donors (Lipinski definition) is 1. The van der Waals surface area contributed by atoms with Gasteiger partial charge in [-0.3, -0.25) is 4.79 Å². The molecule has 0 saturated heterocycles. The third-order valence-electron chi connectivity index (χ3n) is 3.59. The Balaban J connectivity index is 2.51. The summed E-state index contributed by atoms with van der Waals surface area (Å²) < 4.78 is 36.3. The molecule has 6 heteroatoms. The maximum absolute atomic E-state index is 12.1. The third kappa shape index (κ3) is 4.48. The molecule has 1 aliphatic rings. The molecule has 0 bridgehead atoms. The van der Waals surface area contributed by atoms with Crippen LogP contribution in [0.1, 0.15) is 32.6 Å². The molecule has 0 spiro atoms. The lowest BCUT2D eigenvalue weighted by atomic mass is 9.78. The van der Waals surface area contributed by atoms with Gasteiger partial charge in [0.25, 0.3) is 0 Å². The summed E-state index contributed by atoms with van der Waals surface area (Å²) in [5, 5.41) is 0. The molecule has 0 radical (unpaired) electrons. The number of carbonyl (C=O) groups is 1. The largest absolute Gasteiger partial charge is 0.390 e. The first-order valence-electron chi connectivity index (χ1n) is 6.28. The van der Waals surface area contributed by atoms with E-state index in [1.807, 2.05) is 6.92 Å². The van der Waals surface area contributed by atoms with E-state index in [0.717, 1.165) is 17.7 Å². The van der Waals surface area contributed by atoms with Crippen molar-refractivity contribution in [3.8, 4) is 0 Å². The highest BCUT2D eigenvalue weighted by molar-refractivity contribution is 5.79. The van der Waals surface area contributed by atoms with Crippen LogP contribution in [-0.2, 0) is 4.79 Å². The molecule has 1 saturated carbocycles. The molecular formula is C12H21F3N2O. The number of nitrogens with zero attached hydrogens (tertiary/aromatic N) is 1. The van der Waals surface area contributed by atoms with Gasteiger partial charge in [0.05, 0.1) is 12.3 Å². The summed E-state index contributed by atoms with van der Waals surface area (Å²) in [4.78, 5) is 13.2. The average molecular weight is 266 g/mol. The summed E-state index contributed by atoms with van der Waals surface area (Å²) in [7, 11) is 1.42. The highest BCUT2D eigenvalue weighted by atomic mass is 19.4. The van der Waals surface area contributed by atoms with Crippen LogP contribution in [0.25, 0.3) is 0 Å². The number of amides is 1. The Kier molecular flexibility index (Phi) is 5.01. The molecule has 3 atom stereocenters. The molecule has 0 heterocycles. The van der Waals surface area contributed by atoms with Crippen molar-refractivity contribution in [3.05, 3.63) is 0 Å². The summed E-state index contributed by atoms with van der Waals surface area (Å²) >= 11 is 0. The molecular weight excluding hydrogens is 245 g/mol. The minimum absolute atomic E-state index is 0.220. The van der Waals surface area contributed by atoms with E-state index in [4.69, 9.17) is 5.73 Å². The van der Waals surface area contributed by atoms with Crippen molar-refractivity contribution >= 4 is 5.91 Å². The van der Waals surface area contributed by atoms with E-state index in [1.54, 1.807) is 0 Å². The molecule has 1 amide bonds. The van der Waals surface area contributed by atoms with Crippen LogP contribution in [0, 0.1) is 11.8 Å². The lowest BCUT2D eigenvalue weighted by Crippen LogP contribution is -2.46. The highest BCUT2D eigenvalue weighted by Crippen LogP contribution is 2.29. The molecule has 2 N–H and O–H groups in total. The van der Waals surface area contributed by atoms with Gasteiger partial charge in [0.15, 0.2) is 0 Å². The Labute approximate surface area is 106 Å². The Morgan fingerprint density at radius 2 is 2.00 bits per heavy atom. The van der Waals surface area contributed by atoms with Crippen LogP contribution in [0.15, 0.2) is 0 Å². The highest BCUT2D eigenvalue weighted by Gasteiger charge is 2.34. The van der Waals surface area contributed by atoms with E-state index in [0.29, 0.717) is 12.3 Å². The van der Waals surface area contributed by atoms with E-state index in [9.17, 15) is 18.0 Å². The van der Waals surface area contributed by atoms with Gasteiger partial charge >= 0.3 is 6.18 Å². The first-order chi connectivity index (χ1) is 8.20. The van der Waals surface area contributed by atoms with Crippen molar-refractivity contribution in [1.29, 1.82) is 0 Å². The van der Waals surface area contributed by atoms with Crippen LogP contribution >= 0.6 is 0 Å². The van der Waals surface area contributed by atoms with Gasteiger partial charge < -0.3 is 10.6 Å². The molecule has 0 aliphatic heterocycles. The van der Waals surface area contributed by atoms with E-state index in [2.05, 4.69) is 0 Å². The molecule has 3 nitrogen and oxygen atoms in total. The normalized spacial score (nSPS) is 29.1. The lowest BCUT2D eigenvalue weighted by molar-refractivity contribution is -0.147. The van der Waals surface area contributed by atoms with Crippen molar-refractivity contribution in [2.45, 2.75) is 44.8 Å². The van der Waals surface area contributed by atoms with Crippen LogP contribution in [0.5, 0.6) is 0 Å². The predicted octanol–water partition coefficient (Wildman–Crippen LogP) is 2.16. The number of alkyl halides is 3. The number of rotatable bonds is 3. The zero-order chi connectivity index (χ0) is 13.9. The summed E-state index contributed by atoms with van der Waals surface area (Å²) in [6, 6.07) is -0.220. The molecule has 0 aromatic heterocycles. The maximum atomic E-state index is 12.1. The smallest absolute Gasteiger partial charge is 0.345 e. The van der Waals surface area contributed by atoms with Crippen molar-refractivity contribution < 1.29 is 18.0 Å². The monoisotopic (exact) mass is 266 g/mol. The lowest BCUT2D eigenvalue weighted by Gasteiger charge is -2.34. The van der Waals surface area contributed by atoms with Crippen LogP contribution in [0.3, 0.4) is 0 Å². The zero-order valence-electron chi connectivity index (χ0n) is 10.8. The molecule has 0 aromatic rings. The van der Waals surface area contributed by atoms with Gasteiger partial charge in [-0.15, -0.1) is 0 Å². The Bertz CT molecular complexity index is 294. The second kappa shape index (κ2) is 5.91. The van der Waals surface area contributed by atoms with Gasteiger partial charge in [-0.05, 0) is 25.2 Å². The summed E-state index contributed by atoms with van der Waals surface area (Å²) in [6.45, 7) is 1.75. The molecule has 1 aliphatic carbocycles. The molecule has 18 heavy (non-hydrogen) atoms.